The summed E-state index contributed by atoms with van der Waals surface area (Å²) in [5.74, 6) is -0.184. The van der Waals surface area contributed by atoms with E-state index in [-0.39, 0.29) is 5.83 Å². The van der Waals surface area contributed by atoms with E-state index in [9.17, 15) is 4.39 Å². The van der Waals surface area contributed by atoms with E-state index in [1.165, 1.54) is 16.8 Å². The van der Waals surface area contributed by atoms with Crippen LogP contribution >= 0.6 is 0 Å². The Labute approximate surface area is 171 Å². The Morgan fingerprint density at radius 1 is 1.10 bits per heavy atom. The summed E-state index contributed by atoms with van der Waals surface area (Å²) in [5, 5.41) is 4.31. The zero-order valence-corrected chi connectivity index (χ0v) is 16.7. The number of allylic oxidation sites excluding steroid dienone is 12. The maximum atomic E-state index is 14.8. The van der Waals surface area contributed by atoms with E-state index in [0.717, 1.165) is 42.3 Å². The average Bonchev–Trinajstić information content (AvgIpc) is 3.18. The van der Waals surface area contributed by atoms with Gasteiger partial charge in [0.1, 0.15) is 5.83 Å². The third-order valence-corrected chi connectivity index (χ3v) is 5.43. The van der Waals surface area contributed by atoms with Gasteiger partial charge in [0.05, 0.1) is 11.7 Å². The van der Waals surface area contributed by atoms with Gasteiger partial charge in [-0.2, -0.15) is 0 Å². The normalized spacial score (nSPS) is 28.3. The standard InChI is InChI=1S/C25H26FN3/c1-27-21-8-4-2-3-6-18(10-12-21)19-7-5-9-23(26)22(13-11-19)24-16-20-14-15-28-17-25(20)29-24/h3,6,9-17,27,29H,2,4-5,7-8H2,1H3/b6-3-,18-10+,19-11+,21-12+,22-13+,23-9+. The van der Waals surface area contributed by atoms with Crippen LogP contribution in [0.15, 0.2) is 89.7 Å². The summed E-state index contributed by atoms with van der Waals surface area (Å²) < 4.78 is 14.8. The minimum absolute atomic E-state index is 0.184. The molecule has 0 spiro atoms. The van der Waals surface area contributed by atoms with E-state index in [0.29, 0.717) is 12.0 Å². The lowest BCUT2D eigenvalue weighted by Crippen LogP contribution is -2.04. The van der Waals surface area contributed by atoms with Crippen LogP contribution in [-0.4, -0.2) is 17.0 Å². The molecule has 2 aromatic heterocycles. The number of pyridine rings is 1. The second-order valence-corrected chi connectivity index (χ2v) is 7.37. The number of aromatic amines is 1. The van der Waals surface area contributed by atoms with Crippen molar-refractivity contribution in [1.29, 1.82) is 0 Å². The summed E-state index contributed by atoms with van der Waals surface area (Å²) in [4.78, 5) is 7.43. The number of rotatable bonds is 3. The quantitative estimate of drug-likeness (QED) is 0.650. The van der Waals surface area contributed by atoms with Gasteiger partial charge in [-0.3, -0.25) is 4.98 Å². The molecule has 2 aromatic rings. The maximum Gasteiger partial charge on any atom is 0.128 e. The van der Waals surface area contributed by atoms with Crippen molar-refractivity contribution in [3.63, 3.8) is 0 Å². The summed E-state index contributed by atoms with van der Waals surface area (Å²) in [7, 11) is 1.97. The van der Waals surface area contributed by atoms with Crippen molar-refractivity contribution in [2.24, 2.45) is 0 Å². The van der Waals surface area contributed by atoms with Crippen molar-refractivity contribution in [2.45, 2.75) is 32.1 Å². The molecule has 0 radical (unpaired) electrons. The van der Waals surface area contributed by atoms with Crippen LogP contribution in [0.4, 0.5) is 4.39 Å². The second-order valence-electron chi connectivity index (χ2n) is 7.37. The maximum absolute atomic E-state index is 14.8. The van der Waals surface area contributed by atoms with Crippen molar-refractivity contribution in [2.75, 3.05) is 7.05 Å². The van der Waals surface area contributed by atoms with E-state index in [1.54, 1.807) is 18.5 Å². The Hall–Kier alpha value is -3.14. The van der Waals surface area contributed by atoms with Gasteiger partial charge in [0.15, 0.2) is 0 Å². The van der Waals surface area contributed by atoms with Gasteiger partial charge >= 0.3 is 0 Å². The first-order valence-corrected chi connectivity index (χ1v) is 10.2. The molecule has 4 heteroatoms. The number of nitrogens with one attached hydrogen (secondary N) is 2. The fourth-order valence-electron chi connectivity index (χ4n) is 3.76. The van der Waals surface area contributed by atoms with Gasteiger partial charge in [-0.05, 0) is 73.6 Å². The largest absolute Gasteiger partial charge is 0.391 e. The molecule has 29 heavy (non-hydrogen) atoms. The van der Waals surface area contributed by atoms with Crippen molar-refractivity contribution < 1.29 is 4.39 Å². The number of nitrogens with zero attached hydrogens (tertiary/aromatic N) is 1. The van der Waals surface area contributed by atoms with Gasteiger partial charge < -0.3 is 10.3 Å². The van der Waals surface area contributed by atoms with Gasteiger partial charge in [-0.15, -0.1) is 0 Å². The van der Waals surface area contributed by atoms with Crippen LogP contribution in [0.1, 0.15) is 37.8 Å². The third-order valence-electron chi connectivity index (χ3n) is 5.43. The molecule has 0 amide bonds. The molecule has 0 atom stereocenters. The molecule has 148 valence electrons. The van der Waals surface area contributed by atoms with E-state index < -0.39 is 0 Å². The van der Waals surface area contributed by atoms with Gasteiger partial charge in [-0.1, -0.05) is 24.3 Å². The van der Waals surface area contributed by atoms with Gasteiger partial charge in [0, 0.05) is 35.6 Å². The first-order valence-electron chi connectivity index (χ1n) is 10.2. The van der Waals surface area contributed by atoms with E-state index in [2.05, 4.69) is 45.7 Å². The van der Waals surface area contributed by atoms with E-state index in [1.807, 2.05) is 25.3 Å². The van der Waals surface area contributed by atoms with Crippen molar-refractivity contribution in [3.8, 4) is 0 Å². The first-order chi connectivity index (χ1) is 14.2. The molecule has 0 aromatic carbocycles. The lowest BCUT2D eigenvalue weighted by Gasteiger charge is -2.11. The molecule has 0 fully saturated rings. The smallest absolute Gasteiger partial charge is 0.128 e. The Morgan fingerprint density at radius 3 is 2.90 bits per heavy atom. The van der Waals surface area contributed by atoms with Crippen LogP contribution in [0.3, 0.4) is 0 Å². The number of halogens is 1. The van der Waals surface area contributed by atoms with Gasteiger partial charge in [-0.25, -0.2) is 4.39 Å². The van der Waals surface area contributed by atoms with Crippen LogP contribution < -0.4 is 5.32 Å². The monoisotopic (exact) mass is 387 g/mol. The third kappa shape index (κ3) is 4.48. The highest BCUT2D eigenvalue weighted by Crippen LogP contribution is 2.31. The SMILES string of the molecule is CN/C1=C/C=C(/C2=C/C=C(c3cc4ccncc4[nH]3)\C(F)=C/CC2)\C=C/CCC1. The molecule has 4 rings (SSSR count). The van der Waals surface area contributed by atoms with Crippen LogP contribution in [0, 0.1) is 0 Å². The number of hydrogen-bond acceptors (Lipinski definition) is 2. The number of H-pyrrole nitrogens is 1. The van der Waals surface area contributed by atoms with Crippen molar-refractivity contribution in [1.82, 2.24) is 15.3 Å². The zero-order valence-electron chi connectivity index (χ0n) is 16.7. The van der Waals surface area contributed by atoms with Gasteiger partial charge in [0.2, 0.25) is 0 Å². The molecule has 2 N–H and O–H groups in total. The molecule has 0 unspecified atom stereocenters. The van der Waals surface area contributed by atoms with Crippen LogP contribution in [0.2, 0.25) is 0 Å². The molecular formula is C25H26FN3. The molecule has 2 heterocycles. The molecule has 0 bridgehead atoms. The number of hydrogen-bond donors (Lipinski definition) is 2. The highest BCUT2D eigenvalue weighted by atomic mass is 19.1. The van der Waals surface area contributed by atoms with E-state index in [4.69, 9.17) is 0 Å². The molecule has 0 saturated carbocycles. The molecule has 2 aliphatic carbocycles. The fraction of sp³-hybridized carbons (Fsp3) is 0.240. The predicted octanol–water partition coefficient (Wildman–Crippen LogP) is 6.29. The van der Waals surface area contributed by atoms with E-state index >= 15 is 0 Å². The van der Waals surface area contributed by atoms with Crippen LogP contribution in [-0.2, 0) is 0 Å². The second kappa shape index (κ2) is 8.91. The summed E-state index contributed by atoms with van der Waals surface area (Å²) in [6.07, 6.45) is 22.7. The number of fused-ring (bicyclic) bond motifs is 1. The van der Waals surface area contributed by atoms with Crippen molar-refractivity contribution in [3.05, 3.63) is 95.4 Å². The first kappa shape index (κ1) is 19.2. The lowest BCUT2D eigenvalue weighted by atomic mass is 9.95. The predicted molar refractivity (Wildman–Crippen MR) is 119 cm³/mol. The topological polar surface area (TPSA) is 40.7 Å². The highest BCUT2D eigenvalue weighted by Gasteiger charge is 2.13. The summed E-state index contributed by atoms with van der Waals surface area (Å²) in [5.41, 5.74) is 5.91. The molecule has 3 nitrogen and oxygen atoms in total. The summed E-state index contributed by atoms with van der Waals surface area (Å²) in [6.45, 7) is 0. The van der Waals surface area contributed by atoms with Gasteiger partial charge in [0.25, 0.3) is 0 Å². The fourth-order valence-corrected chi connectivity index (χ4v) is 3.76. The van der Waals surface area contributed by atoms with Crippen molar-refractivity contribution >= 4 is 16.5 Å². The Morgan fingerprint density at radius 2 is 2.03 bits per heavy atom. The Bertz CT molecular complexity index is 1040. The minimum Gasteiger partial charge on any atom is -0.391 e. The minimum atomic E-state index is -0.184. The lowest BCUT2D eigenvalue weighted by molar-refractivity contribution is 0.664. The molecule has 0 aliphatic heterocycles. The number of aromatic nitrogens is 2. The molecule has 2 aliphatic rings. The van der Waals surface area contributed by atoms with Crippen LogP contribution in [0.25, 0.3) is 16.5 Å². The Kier molecular flexibility index (Phi) is 5.89. The summed E-state index contributed by atoms with van der Waals surface area (Å²) in [6, 6.07) is 3.91. The molecular weight excluding hydrogens is 361 g/mol. The Balaban J connectivity index is 1.73. The van der Waals surface area contributed by atoms with Crippen LogP contribution in [0.5, 0.6) is 0 Å². The molecule has 0 saturated heterocycles. The average molecular weight is 388 g/mol. The summed E-state index contributed by atoms with van der Waals surface area (Å²) >= 11 is 0. The highest BCUT2D eigenvalue weighted by molar-refractivity contribution is 5.87. The zero-order chi connectivity index (χ0) is 20.1.